The largest absolute Gasteiger partial charge is 0.497 e. The predicted octanol–water partition coefficient (Wildman–Crippen LogP) is 2.56. The molecular weight excluding hydrogens is 244 g/mol. The number of hydrogen-bond acceptors (Lipinski definition) is 4. The molecule has 0 aromatic heterocycles. The summed E-state index contributed by atoms with van der Waals surface area (Å²) in [6.45, 7) is 4.25. The maximum Gasteiger partial charge on any atom is 0.119 e. The van der Waals surface area contributed by atoms with Gasteiger partial charge in [0.15, 0.2) is 0 Å². The van der Waals surface area contributed by atoms with Gasteiger partial charge in [-0.2, -0.15) is 0 Å². The summed E-state index contributed by atoms with van der Waals surface area (Å²) in [7, 11) is 1.61. The highest BCUT2D eigenvalue weighted by molar-refractivity contribution is 5.29. The molecule has 1 aromatic carbocycles. The van der Waals surface area contributed by atoms with Gasteiger partial charge in [-0.3, -0.25) is 0 Å². The second kappa shape index (κ2) is 9.78. The van der Waals surface area contributed by atoms with Crippen molar-refractivity contribution in [3.8, 4) is 5.75 Å². The van der Waals surface area contributed by atoms with E-state index in [1.54, 1.807) is 7.11 Å². The van der Waals surface area contributed by atoms with Crippen LogP contribution >= 0.6 is 0 Å². The van der Waals surface area contributed by atoms with Crippen molar-refractivity contribution in [2.75, 3.05) is 33.5 Å². The maximum atomic E-state index is 9.96. The van der Waals surface area contributed by atoms with Gasteiger partial charge in [-0.15, -0.1) is 0 Å². The van der Waals surface area contributed by atoms with E-state index >= 15 is 0 Å². The Hall–Kier alpha value is -1.10. The summed E-state index contributed by atoms with van der Waals surface area (Å²) in [5.41, 5.74) is 0.797. The lowest BCUT2D eigenvalue weighted by atomic mass is 10.1. The molecule has 19 heavy (non-hydrogen) atoms. The third kappa shape index (κ3) is 6.57. The van der Waals surface area contributed by atoms with Crippen LogP contribution < -0.4 is 4.74 Å². The second-order valence-electron chi connectivity index (χ2n) is 4.33. The summed E-state index contributed by atoms with van der Waals surface area (Å²) in [4.78, 5) is 0. The van der Waals surface area contributed by atoms with E-state index in [1.807, 2.05) is 24.3 Å². The Morgan fingerprint density at radius 3 is 2.68 bits per heavy atom. The molecule has 0 fully saturated rings. The van der Waals surface area contributed by atoms with Gasteiger partial charge in [0.05, 0.1) is 26.9 Å². The van der Waals surface area contributed by atoms with E-state index < -0.39 is 6.10 Å². The molecule has 0 heterocycles. The third-order valence-corrected chi connectivity index (χ3v) is 2.77. The number of benzene rings is 1. The molecule has 0 saturated carbocycles. The zero-order valence-corrected chi connectivity index (χ0v) is 11.8. The van der Waals surface area contributed by atoms with Gasteiger partial charge in [-0.25, -0.2) is 0 Å². The predicted molar refractivity (Wildman–Crippen MR) is 74.5 cm³/mol. The van der Waals surface area contributed by atoms with Crippen LogP contribution in [0.25, 0.3) is 0 Å². The summed E-state index contributed by atoms with van der Waals surface area (Å²) >= 11 is 0. The molecular formula is C15H24O4. The molecule has 1 rings (SSSR count). The van der Waals surface area contributed by atoms with E-state index in [0.717, 1.165) is 30.8 Å². The van der Waals surface area contributed by atoms with Crippen molar-refractivity contribution in [1.29, 1.82) is 0 Å². The lowest BCUT2D eigenvalue weighted by Gasteiger charge is -2.12. The van der Waals surface area contributed by atoms with Gasteiger partial charge >= 0.3 is 0 Å². The van der Waals surface area contributed by atoms with Crippen LogP contribution in [-0.4, -0.2) is 38.6 Å². The van der Waals surface area contributed by atoms with Crippen molar-refractivity contribution in [2.45, 2.75) is 25.9 Å². The van der Waals surface area contributed by atoms with Crippen molar-refractivity contribution in [1.82, 2.24) is 0 Å². The zero-order valence-electron chi connectivity index (χ0n) is 11.8. The molecule has 108 valence electrons. The summed E-state index contributed by atoms with van der Waals surface area (Å²) in [5.74, 6) is 0.736. The fourth-order valence-corrected chi connectivity index (χ4v) is 1.61. The summed E-state index contributed by atoms with van der Waals surface area (Å²) in [5, 5.41) is 9.96. The van der Waals surface area contributed by atoms with Crippen LogP contribution in [0.4, 0.5) is 0 Å². The van der Waals surface area contributed by atoms with Crippen LogP contribution in [0.2, 0.25) is 0 Å². The minimum atomic E-state index is -0.634. The van der Waals surface area contributed by atoms with Crippen molar-refractivity contribution >= 4 is 0 Å². The Bertz CT molecular complexity index is 341. The van der Waals surface area contributed by atoms with Gasteiger partial charge in [0.1, 0.15) is 11.9 Å². The normalized spacial score (nSPS) is 12.4. The SMILES string of the molecule is CCCCOCCOCC(O)c1cccc(OC)c1. The average molecular weight is 268 g/mol. The zero-order chi connectivity index (χ0) is 13.9. The van der Waals surface area contributed by atoms with Crippen molar-refractivity contribution in [3.05, 3.63) is 29.8 Å². The van der Waals surface area contributed by atoms with Crippen LogP contribution in [0.5, 0.6) is 5.75 Å². The smallest absolute Gasteiger partial charge is 0.119 e. The van der Waals surface area contributed by atoms with E-state index in [9.17, 15) is 5.11 Å². The van der Waals surface area contributed by atoms with E-state index in [1.165, 1.54) is 0 Å². The highest BCUT2D eigenvalue weighted by Crippen LogP contribution is 2.19. The second-order valence-corrected chi connectivity index (χ2v) is 4.33. The lowest BCUT2D eigenvalue weighted by molar-refractivity contribution is 0.00270. The molecule has 1 aromatic rings. The Labute approximate surface area is 115 Å². The van der Waals surface area contributed by atoms with Gasteiger partial charge in [-0.05, 0) is 24.1 Å². The molecule has 0 aliphatic rings. The summed E-state index contributed by atoms with van der Waals surface area (Å²) < 4.78 is 15.9. The maximum absolute atomic E-state index is 9.96. The summed E-state index contributed by atoms with van der Waals surface area (Å²) in [6.07, 6.45) is 1.58. The molecule has 0 radical (unpaired) electrons. The molecule has 4 heteroatoms. The molecule has 1 N–H and O–H groups in total. The quantitative estimate of drug-likeness (QED) is 0.663. The number of ether oxygens (including phenoxy) is 3. The molecule has 1 unspecified atom stereocenters. The van der Waals surface area contributed by atoms with Gasteiger partial charge in [0.2, 0.25) is 0 Å². The highest BCUT2D eigenvalue weighted by Gasteiger charge is 2.08. The molecule has 0 amide bonds. The number of rotatable bonds is 10. The third-order valence-electron chi connectivity index (χ3n) is 2.77. The standard InChI is InChI=1S/C15H24O4/c1-3-4-8-18-9-10-19-12-15(16)13-6-5-7-14(11-13)17-2/h5-7,11,15-16H,3-4,8-10,12H2,1-2H3. The van der Waals surface area contributed by atoms with Crippen LogP contribution in [0.1, 0.15) is 31.4 Å². The number of methoxy groups -OCH3 is 1. The molecule has 4 nitrogen and oxygen atoms in total. The lowest BCUT2D eigenvalue weighted by Crippen LogP contribution is -2.11. The minimum Gasteiger partial charge on any atom is -0.497 e. The first-order valence-electron chi connectivity index (χ1n) is 6.75. The van der Waals surface area contributed by atoms with Crippen LogP contribution in [-0.2, 0) is 9.47 Å². The Kier molecular flexibility index (Phi) is 8.21. The van der Waals surface area contributed by atoms with Crippen molar-refractivity contribution in [3.63, 3.8) is 0 Å². The fourth-order valence-electron chi connectivity index (χ4n) is 1.61. The van der Waals surface area contributed by atoms with E-state index in [-0.39, 0.29) is 6.61 Å². The van der Waals surface area contributed by atoms with Crippen molar-refractivity contribution in [2.24, 2.45) is 0 Å². The van der Waals surface area contributed by atoms with Crippen LogP contribution in [0.3, 0.4) is 0 Å². The Balaban J connectivity index is 2.18. The molecule has 0 saturated heterocycles. The number of hydrogen-bond donors (Lipinski definition) is 1. The molecule has 0 bridgehead atoms. The van der Waals surface area contributed by atoms with Gasteiger partial charge in [0.25, 0.3) is 0 Å². The van der Waals surface area contributed by atoms with E-state index in [4.69, 9.17) is 14.2 Å². The number of unbranched alkanes of at least 4 members (excludes halogenated alkanes) is 1. The van der Waals surface area contributed by atoms with Crippen LogP contribution in [0.15, 0.2) is 24.3 Å². The average Bonchev–Trinajstić information content (AvgIpc) is 2.46. The van der Waals surface area contributed by atoms with Gasteiger partial charge < -0.3 is 19.3 Å². The topological polar surface area (TPSA) is 47.9 Å². The van der Waals surface area contributed by atoms with Crippen LogP contribution in [0, 0.1) is 0 Å². The number of aliphatic hydroxyl groups excluding tert-OH is 1. The first-order chi connectivity index (χ1) is 9.27. The molecule has 0 spiro atoms. The molecule has 1 atom stereocenters. The fraction of sp³-hybridized carbons (Fsp3) is 0.600. The van der Waals surface area contributed by atoms with Crippen molar-refractivity contribution < 1.29 is 19.3 Å². The van der Waals surface area contributed by atoms with E-state index in [0.29, 0.717) is 13.2 Å². The van der Waals surface area contributed by atoms with Gasteiger partial charge in [0, 0.05) is 6.61 Å². The Morgan fingerprint density at radius 2 is 1.95 bits per heavy atom. The number of aliphatic hydroxyl groups is 1. The summed E-state index contributed by atoms with van der Waals surface area (Å²) in [6, 6.07) is 7.37. The monoisotopic (exact) mass is 268 g/mol. The molecule has 0 aliphatic heterocycles. The Morgan fingerprint density at radius 1 is 1.16 bits per heavy atom. The van der Waals surface area contributed by atoms with Gasteiger partial charge in [-0.1, -0.05) is 25.5 Å². The minimum absolute atomic E-state index is 0.268. The highest BCUT2D eigenvalue weighted by atomic mass is 16.5. The van der Waals surface area contributed by atoms with E-state index in [2.05, 4.69) is 6.92 Å². The first kappa shape index (κ1) is 16.0. The first-order valence-corrected chi connectivity index (χ1v) is 6.75. The molecule has 0 aliphatic carbocycles.